The molecule has 5 amide bonds. The van der Waals surface area contributed by atoms with E-state index in [1.807, 2.05) is 19.0 Å². The molecule has 0 spiro atoms. The average Bonchev–Trinajstić information content (AvgIpc) is 3.82. The van der Waals surface area contributed by atoms with Gasteiger partial charge in [0.25, 0.3) is 11.8 Å². The molecular weight excluding hydrogens is 767 g/mol. The summed E-state index contributed by atoms with van der Waals surface area (Å²) in [5.41, 5.74) is 5.37. The Morgan fingerprint density at radius 2 is 1.66 bits per heavy atom. The number of nitrogens with one attached hydrogen (secondary N) is 2. The van der Waals surface area contributed by atoms with Gasteiger partial charge in [0.15, 0.2) is 5.78 Å². The van der Waals surface area contributed by atoms with E-state index in [1.165, 1.54) is 12.1 Å². The van der Waals surface area contributed by atoms with Crippen LogP contribution in [-0.2, 0) is 29.9 Å². The van der Waals surface area contributed by atoms with Gasteiger partial charge in [0.1, 0.15) is 12.1 Å². The molecule has 12 nitrogen and oxygen atoms in total. The van der Waals surface area contributed by atoms with E-state index in [0.717, 1.165) is 69.6 Å². The zero-order valence-electron chi connectivity index (χ0n) is 34.1. The topological polar surface area (TPSA) is 162 Å². The molecule has 318 valence electrons. The Bertz CT molecular complexity index is 1840. The number of hydrogen-bond acceptors (Lipinski definition) is 8. The van der Waals surface area contributed by atoms with Crippen LogP contribution in [0.4, 0.5) is 8.78 Å². The lowest BCUT2D eigenvalue weighted by Crippen LogP contribution is -2.59. The number of nitrogens with zero attached hydrogens (tertiary/aromatic N) is 3. The number of ketones is 1. The third kappa shape index (κ3) is 10.4. The van der Waals surface area contributed by atoms with Crippen LogP contribution < -0.4 is 16.4 Å². The number of carbonyl (C=O) groups excluding carboxylic acids is 6. The van der Waals surface area contributed by atoms with Crippen molar-refractivity contribution in [1.82, 2.24) is 25.3 Å². The number of amides is 5. The molecule has 3 aliphatic heterocycles. The van der Waals surface area contributed by atoms with Crippen molar-refractivity contribution < 1.29 is 37.5 Å². The van der Waals surface area contributed by atoms with E-state index >= 15 is 0 Å². The Labute approximate surface area is 344 Å². The minimum Gasteiger partial charge on any atom is -0.370 e. The molecule has 4 N–H and O–H groups in total. The maximum Gasteiger partial charge on any atom is 0.270 e. The first-order chi connectivity index (χ1) is 27.6. The van der Waals surface area contributed by atoms with Crippen LogP contribution in [0.1, 0.15) is 125 Å². The van der Waals surface area contributed by atoms with Gasteiger partial charge in [-0.1, -0.05) is 25.3 Å². The summed E-state index contributed by atoms with van der Waals surface area (Å²) in [6, 6.07) is 2.62. The Morgan fingerprint density at radius 3 is 2.33 bits per heavy atom. The summed E-state index contributed by atoms with van der Waals surface area (Å²) in [7, 11) is 3.92. The van der Waals surface area contributed by atoms with Crippen molar-refractivity contribution in [3.8, 4) is 0 Å². The number of alkyl halides is 2. The Hall–Kier alpha value is -3.98. The Morgan fingerprint density at radius 1 is 0.948 bits per heavy atom. The highest BCUT2D eigenvalue weighted by atomic mass is 32.1. The van der Waals surface area contributed by atoms with Crippen LogP contribution in [0.15, 0.2) is 24.3 Å². The van der Waals surface area contributed by atoms with Crippen LogP contribution >= 0.6 is 11.3 Å². The molecular formula is C43H60F2N6O6S. The van der Waals surface area contributed by atoms with Crippen molar-refractivity contribution in [3.63, 3.8) is 0 Å². The maximum atomic E-state index is 14.5. The van der Waals surface area contributed by atoms with Crippen molar-refractivity contribution in [2.24, 2.45) is 17.6 Å². The molecule has 15 heteroatoms. The van der Waals surface area contributed by atoms with Crippen LogP contribution in [0.25, 0.3) is 10.1 Å². The van der Waals surface area contributed by atoms with Gasteiger partial charge in [-0.25, -0.2) is 8.78 Å². The van der Waals surface area contributed by atoms with Crippen LogP contribution in [0.3, 0.4) is 0 Å². The van der Waals surface area contributed by atoms with Gasteiger partial charge in [-0.05, 0) is 114 Å². The Balaban J connectivity index is 1.21. The summed E-state index contributed by atoms with van der Waals surface area (Å²) >= 11 is 1.15. The van der Waals surface area contributed by atoms with E-state index in [0.29, 0.717) is 55.3 Å². The standard InChI is InChI=1S/C43H60F2N6O6S/c1-43(44,45)28-12-18-36-27(22-28)23-37(58-36)40(55)48-33-15-13-29(49(2)3)24-30-14-17-34(51(30)42(33)57)39(54)47-32(16-19-38(46)53)35(52)25-31(26-10-6-4-7-11-26)41(56)50-20-8-5-9-21-50/h12,18,22-23,26,29-34H,4-11,13-17,19-21,24-25H2,1-3H3,(H2,46,53)(H,47,54)(H,48,55)/t29-,30-,31+,32+,33+,34+/m1/s1. The second kappa shape index (κ2) is 18.9. The van der Waals surface area contributed by atoms with Gasteiger partial charge in [-0.15, -0.1) is 11.3 Å². The third-order valence-corrected chi connectivity index (χ3v) is 14.1. The molecule has 1 aromatic heterocycles. The van der Waals surface area contributed by atoms with Crippen LogP contribution in [0.2, 0.25) is 0 Å². The number of fused-ring (bicyclic) bond motifs is 2. The van der Waals surface area contributed by atoms with Crippen molar-refractivity contribution in [3.05, 3.63) is 34.7 Å². The van der Waals surface area contributed by atoms with Crippen LogP contribution in [-0.4, -0.2) is 107 Å². The highest BCUT2D eigenvalue weighted by molar-refractivity contribution is 7.20. The first-order valence-corrected chi connectivity index (χ1v) is 22.0. The Kier molecular flexibility index (Phi) is 14.2. The number of likely N-dealkylation sites (tertiary alicyclic amines) is 1. The number of carbonyl (C=O) groups is 6. The molecule has 2 aromatic rings. The first kappa shape index (κ1) is 43.6. The van der Waals surface area contributed by atoms with Gasteiger partial charge in [-0.3, -0.25) is 28.8 Å². The fraction of sp³-hybridized carbons (Fsp3) is 0.674. The summed E-state index contributed by atoms with van der Waals surface area (Å²) in [6.45, 7) is 2.17. The summed E-state index contributed by atoms with van der Waals surface area (Å²) < 4.78 is 28.8. The summed E-state index contributed by atoms with van der Waals surface area (Å²) in [5, 5.41) is 6.33. The summed E-state index contributed by atoms with van der Waals surface area (Å²) in [6.07, 6.45) is 10.00. The molecule has 0 radical (unpaired) electrons. The third-order valence-electron chi connectivity index (χ3n) is 13.0. The predicted octanol–water partition coefficient (Wildman–Crippen LogP) is 5.50. The largest absolute Gasteiger partial charge is 0.370 e. The van der Waals surface area contributed by atoms with E-state index in [9.17, 15) is 37.5 Å². The minimum absolute atomic E-state index is 0.00349. The van der Waals surface area contributed by atoms with Gasteiger partial charge in [0.05, 0.1) is 10.9 Å². The molecule has 3 saturated heterocycles. The molecule has 0 unspecified atom stereocenters. The molecule has 4 heterocycles. The lowest BCUT2D eigenvalue weighted by molar-refractivity contribution is -0.144. The number of primary amides is 1. The number of benzene rings is 1. The number of Topliss-reactive ketones (excluding diaryl/α,β-unsaturated/α-hetero) is 1. The molecule has 4 fully saturated rings. The van der Waals surface area contributed by atoms with Gasteiger partial charge >= 0.3 is 0 Å². The maximum absolute atomic E-state index is 14.5. The number of thiophene rings is 1. The molecule has 1 aliphatic carbocycles. The molecule has 4 aliphatic rings. The number of piperidine rings is 1. The van der Waals surface area contributed by atoms with Gasteiger partial charge in [0, 0.05) is 61.1 Å². The molecule has 1 aromatic carbocycles. The van der Waals surface area contributed by atoms with E-state index in [-0.39, 0.29) is 59.4 Å². The van der Waals surface area contributed by atoms with Crippen LogP contribution in [0.5, 0.6) is 0 Å². The first-order valence-electron chi connectivity index (χ1n) is 21.2. The fourth-order valence-corrected chi connectivity index (χ4v) is 10.6. The summed E-state index contributed by atoms with van der Waals surface area (Å²) in [4.78, 5) is 88.6. The van der Waals surface area contributed by atoms with E-state index in [2.05, 4.69) is 15.5 Å². The molecule has 0 bridgehead atoms. The number of halogens is 2. The van der Waals surface area contributed by atoms with E-state index < -0.39 is 53.6 Å². The number of rotatable bonds is 14. The fourth-order valence-electron chi connectivity index (χ4n) is 9.63. The van der Waals surface area contributed by atoms with Gasteiger partial charge < -0.3 is 31.1 Å². The zero-order chi connectivity index (χ0) is 41.7. The molecule has 1 saturated carbocycles. The molecule has 58 heavy (non-hydrogen) atoms. The lowest BCUT2D eigenvalue weighted by Gasteiger charge is -2.39. The van der Waals surface area contributed by atoms with Crippen molar-refractivity contribution in [2.75, 3.05) is 27.2 Å². The SMILES string of the molecule is CN(C)[C@@H]1CC[C@H](NC(=O)c2cc3cc(C(C)(F)F)ccc3s2)C(=O)N2[C@H](CC[C@H]2C(=O)N[C@@H](CCC(N)=O)C(=O)C[C@H](C(=O)N2CCCCC2)C2CCCCC2)C1. The monoisotopic (exact) mass is 826 g/mol. The second-order valence-corrected chi connectivity index (χ2v) is 18.4. The molecule has 6 atom stereocenters. The lowest BCUT2D eigenvalue weighted by atomic mass is 9.76. The minimum atomic E-state index is -3.04. The van der Waals surface area contributed by atoms with E-state index in [4.69, 9.17) is 5.73 Å². The zero-order valence-corrected chi connectivity index (χ0v) is 34.9. The van der Waals surface area contributed by atoms with Crippen molar-refractivity contribution in [1.29, 1.82) is 0 Å². The quantitative estimate of drug-likeness (QED) is 0.227. The number of hydrogen-bond donors (Lipinski definition) is 3. The van der Waals surface area contributed by atoms with Gasteiger partial charge in [0.2, 0.25) is 23.6 Å². The normalized spacial score (nSPS) is 24.5. The second-order valence-electron chi connectivity index (χ2n) is 17.3. The van der Waals surface area contributed by atoms with Crippen molar-refractivity contribution in [2.45, 2.75) is 146 Å². The van der Waals surface area contributed by atoms with Crippen LogP contribution in [0, 0.1) is 11.8 Å². The van der Waals surface area contributed by atoms with Crippen molar-refractivity contribution >= 4 is 56.7 Å². The molecule has 6 rings (SSSR count). The summed E-state index contributed by atoms with van der Waals surface area (Å²) in [5.74, 6) is -5.84. The van der Waals surface area contributed by atoms with Gasteiger partial charge in [-0.2, -0.15) is 0 Å². The number of nitrogens with two attached hydrogens (primary N) is 1. The average molecular weight is 827 g/mol. The predicted molar refractivity (Wildman–Crippen MR) is 218 cm³/mol. The highest BCUT2D eigenvalue weighted by Gasteiger charge is 2.46. The highest BCUT2D eigenvalue weighted by Crippen LogP contribution is 2.37. The smallest absolute Gasteiger partial charge is 0.270 e. The van der Waals surface area contributed by atoms with E-state index in [1.54, 1.807) is 17.0 Å².